The molecule has 0 aliphatic rings. The minimum atomic E-state index is -0.220. The number of hydrogen-bond donors (Lipinski definition) is 2. The van der Waals surface area contributed by atoms with Crippen LogP contribution >= 0.6 is 11.8 Å². The zero-order valence-corrected chi connectivity index (χ0v) is 15.3. The molecule has 0 saturated carbocycles. The highest BCUT2D eigenvalue weighted by atomic mass is 32.2. The maximum absolute atomic E-state index is 12.0. The smallest absolute Gasteiger partial charge is 0.319 e. The van der Waals surface area contributed by atoms with Crippen molar-refractivity contribution in [2.45, 2.75) is 25.5 Å². The molecule has 25 heavy (non-hydrogen) atoms. The van der Waals surface area contributed by atoms with Crippen molar-refractivity contribution in [2.75, 3.05) is 17.6 Å². The van der Waals surface area contributed by atoms with Gasteiger partial charge in [0.1, 0.15) is 0 Å². The zero-order valence-electron chi connectivity index (χ0n) is 14.5. The van der Waals surface area contributed by atoms with Crippen LogP contribution in [0.25, 0.3) is 10.9 Å². The standard InChI is InChI=1S/C16H21N7OS/c1-4-23-11(2)9-12-10-13(5-6-14(12)23)18-15(24)17-7-8-25-16-19-20-21-22(16)3/h5-6,9-10H,4,7-8H2,1-3H3,(H2,17,18,24). The van der Waals surface area contributed by atoms with Crippen molar-refractivity contribution in [2.24, 2.45) is 7.05 Å². The molecule has 0 fully saturated rings. The first-order chi connectivity index (χ1) is 12.1. The minimum Gasteiger partial charge on any atom is -0.345 e. The van der Waals surface area contributed by atoms with E-state index < -0.39 is 0 Å². The number of nitrogens with zero attached hydrogens (tertiary/aromatic N) is 5. The van der Waals surface area contributed by atoms with Gasteiger partial charge >= 0.3 is 6.03 Å². The number of amides is 2. The predicted octanol–water partition coefficient (Wildman–Crippen LogP) is 2.41. The highest BCUT2D eigenvalue weighted by Gasteiger charge is 2.07. The molecule has 0 saturated heterocycles. The number of rotatable bonds is 6. The lowest BCUT2D eigenvalue weighted by atomic mass is 10.2. The van der Waals surface area contributed by atoms with Gasteiger partial charge in [0.2, 0.25) is 5.16 Å². The van der Waals surface area contributed by atoms with Gasteiger partial charge < -0.3 is 15.2 Å². The lowest BCUT2D eigenvalue weighted by Crippen LogP contribution is -2.30. The summed E-state index contributed by atoms with van der Waals surface area (Å²) in [6, 6.07) is 7.87. The normalized spacial score (nSPS) is 11.0. The minimum absolute atomic E-state index is 0.220. The fraction of sp³-hybridized carbons (Fsp3) is 0.375. The summed E-state index contributed by atoms with van der Waals surface area (Å²) in [7, 11) is 1.78. The molecule has 3 aromatic rings. The highest BCUT2D eigenvalue weighted by Crippen LogP contribution is 2.23. The van der Waals surface area contributed by atoms with E-state index in [2.05, 4.69) is 50.6 Å². The molecular weight excluding hydrogens is 338 g/mol. The molecule has 2 amide bonds. The van der Waals surface area contributed by atoms with Crippen molar-refractivity contribution in [3.05, 3.63) is 30.0 Å². The Balaban J connectivity index is 1.52. The summed E-state index contributed by atoms with van der Waals surface area (Å²) in [5.74, 6) is 0.694. The molecule has 0 spiro atoms. The van der Waals surface area contributed by atoms with Crippen LogP contribution in [0, 0.1) is 6.92 Å². The molecule has 132 valence electrons. The Labute approximate surface area is 150 Å². The van der Waals surface area contributed by atoms with Crippen molar-refractivity contribution < 1.29 is 4.79 Å². The number of thioether (sulfide) groups is 1. The van der Waals surface area contributed by atoms with Gasteiger partial charge in [-0.3, -0.25) is 0 Å². The highest BCUT2D eigenvalue weighted by molar-refractivity contribution is 7.99. The molecule has 2 aromatic heterocycles. The largest absolute Gasteiger partial charge is 0.345 e. The van der Waals surface area contributed by atoms with Crippen molar-refractivity contribution in [1.29, 1.82) is 0 Å². The molecule has 8 nitrogen and oxygen atoms in total. The average Bonchev–Trinajstić information content (AvgIpc) is 3.13. The second-order valence-corrected chi connectivity index (χ2v) is 6.68. The van der Waals surface area contributed by atoms with E-state index in [-0.39, 0.29) is 6.03 Å². The third kappa shape index (κ3) is 3.93. The van der Waals surface area contributed by atoms with E-state index >= 15 is 0 Å². The van der Waals surface area contributed by atoms with E-state index in [0.717, 1.165) is 22.8 Å². The first kappa shape index (κ1) is 17.3. The molecule has 0 unspecified atom stereocenters. The SMILES string of the molecule is CCn1c(C)cc2cc(NC(=O)NCCSc3nnnn3C)ccc21. The summed E-state index contributed by atoms with van der Waals surface area (Å²) in [6.45, 7) is 5.67. The Morgan fingerprint density at radius 3 is 2.88 bits per heavy atom. The Morgan fingerprint density at radius 1 is 1.32 bits per heavy atom. The molecule has 2 heterocycles. The third-order valence-corrected chi connectivity index (χ3v) is 4.89. The summed E-state index contributed by atoms with van der Waals surface area (Å²) in [5.41, 5.74) is 3.18. The third-order valence-electron chi connectivity index (χ3n) is 3.88. The van der Waals surface area contributed by atoms with Crippen LogP contribution in [0.5, 0.6) is 0 Å². The molecule has 1 aromatic carbocycles. The van der Waals surface area contributed by atoms with Crippen molar-refractivity contribution in [3.8, 4) is 0 Å². The first-order valence-electron chi connectivity index (χ1n) is 8.08. The van der Waals surface area contributed by atoms with Gasteiger partial charge in [-0.15, -0.1) is 5.10 Å². The van der Waals surface area contributed by atoms with Gasteiger partial charge in [0.15, 0.2) is 0 Å². The Bertz CT molecular complexity index is 886. The van der Waals surface area contributed by atoms with Crippen LogP contribution in [-0.2, 0) is 13.6 Å². The number of aryl methyl sites for hydroxylation is 3. The van der Waals surface area contributed by atoms with Gasteiger partial charge in [0, 0.05) is 48.2 Å². The number of anilines is 1. The average molecular weight is 359 g/mol. The number of fused-ring (bicyclic) bond motifs is 1. The summed E-state index contributed by atoms with van der Waals surface area (Å²) >= 11 is 1.49. The Hall–Kier alpha value is -2.55. The van der Waals surface area contributed by atoms with Crippen LogP contribution in [0.3, 0.4) is 0 Å². The van der Waals surface area contributed by atoms with Crippen LogP contribution in [0.15, 0.2) is 29.4 Å². The van der Waals surface area contributed by atoms with Gasteiger partial charge in [0.25, 0.3) is 0 Å². The second-order valence-electron chi connectivity index (χ2n) is 5.62. The Morgan fingerprint density at radius 2 is 2.16 bits per heavy atom. The molecule has 0 aliphatic carbocycles. The lowest BCUT2D eigenvalue weighted by Gasteiger charge is -2.08. The number of urea groups is 1. The number of hydrogen-bond acceptors (Lipinski definition) is 5. The van der Waals surface area contributed by atoms with Crippen LogP contribution in [0.2, 0.25) is 0 Å². The molecule has 0 radical (unpaired) electrons. The maximum Gasteiger partial charge on any atom is 0.319 e. The van der Waals surface area contributed by atoms with Crippen LogP contribution in [0.4, 0.5) is 10.5 Å². The van der Waals surface area contributed by atoms with E-state index in [9.17, 15) is 4.79 Å². The topological polar surface area (TPSA) is 89.7 Å². The predicted molar refractivity (Wildman–Crippen MR) is 98.9 cm³/mol. The van der Waals surface area contributed by atoms with Crippen LogP contribution in [0.1, 0.15) is 12.6 Å². The first-order valence-corrected chi connectivity index (χ1v) is 9.07. The van der Waals surface area contributed by atoms with E-state index in [1.54, 1.807) is 11.7 Å². The number of carbonyl (C=O) groups is 1. The van der Waals surface area contributed by atoms with Crippen LogP contribution in [-0.4, -0.2) is 43.1 Å². The molecule has 9 heteroatoms. The summed E-state index contributed by atoms with van der Waals surface area (Å²) in [6.07, 6.45) is 0. The van der Waals surface area contributed by atoms with Gasteiger partial charge in [-0.2, -0.15) is 0 Å². The Kier molecular flexibility index (Phi) is 5.22. The second kappa shape index (κ2) is 7.56. The molecule has 2 N–H and O–H groups in total. The van der Waals surface area contributed by atoms with E-state index in [4.69, 9.17) is 0 Å². The van der Waals surface area contributed by atoms with Crippen molar-refractivity contribution in [1.82, 2.24) is 30.1 Å². The van der Waals surface area contributed by atoms with Crippen LogP contribution < -0.4 is 10.6 Å². The lowest BCUT2D eigenvalue weighted by molar-refractivity contribution is 0.252. The molecule has 0 aliphatic heterocycles. The summed E-state index contributed by atoms with van der Waals surface area (Å²) < 4.78 is 3.85. The number of benzene rings is 1. The number of aromatic nitrogens is 5. The molecule has 0 atom stereocenters. The fourth-order valence-corrected chi connectivity index (χ4v) is 3.44. The number of tetrazole rings is 1. The zero-order chi connectivity index (χ0) is 17.8. The molecular formula is C16H21N7OS. The number of nitrogens with one attached hydrogen (secondary N) is 2. The molecule has 3 rings (SSSR count). The van der Waals surface area contributed by atoms with Gasteiger partial charge in [-0.1, -0.05) is 11.8 Å². The quantitative estimate of drug-likeness (QED) is 0.521. The van der Waals surface area contributed by atoms with Crippen molar-refractivity contribution in [3.63, 3.8) is 0 Å². The number of carbonyl (C=O) groups excluding carboxylic acids is 1. The van der Waals surface area contributed by atoms with Gasteiger partial charge in [-0.05, 0) is 48.5 Å². The maximum atomic E-state index is 12.0. The summed E-state index contributed by atoms with van der Waals surface area (Å²) in [4.78, 5) is 12.0. The van der Waals surface area contributed by atoms with E-state index in [1.807, 2.05) is 18.2 Å². The van der Waals surface area contributed by atoms with Gasteiger partial charge in [-0.25, -0.2) is 9.48 Å². The fourth-order valence-electron chi connectivity index (χ4n) is 2.73. The van der Waals surface area contributed by atoms with Crippen molar-refractivity contribution >= 4 is 34.4 Å². The van der Waals surface area contributed by atoms with E-state index in [0.29, 0.717) is 12.3 Å². The molecule has 0 bridgehead atoms. The summed E-state index contributed by atoms with van der Waals surface area (Å²) in [5, 5.41) is 18.8. The monoisotopic (exact) mass is 359 g/mol. The van der Waals surface area contributed by atoms with Gasteiger partial charge in [0.05, 0.1) is 0 Å². The van der Waals surface area contributed by atoms with E-state index in [1.165, 1.54) is 23.0 Å².